The van der Waals surface area contributed by atoms with E-state index in [1.807, 2.05) is 0 Å². The minimum atomic E-state index is -4.74. The lowest BCUT2D eigenvalue weighted by Crippen LogP contribution is -2.10. The van der Waals surface area contributed by atoms with E-state index in [4.69, 9.17) is 25.3 Å². The summed E-state index contributed by atoms with van der Waals surface area (Å²) in [7, 11) is -9.48. The van der Waals surface area contributed by atoms with Crippen molar-refractivity contribution in [2.24, 2.45) is 5.73 Å². The van der Waals surface area contributed by atoms with Gasteiger partial charge in [0.2, 0.25) is 0 Å². The van der Waals surface area contributed by atoms with Gasteiger partial charge in [0, 0.05) is 0 Å². The Bertz CT molecular complexity index is 235. The summed E-state index contributed by atoms with van der Waals surface area (Å²) in [4.78, 5) is 34.8. The highest BCUT2D eigenvalue weighted by Gasteiger charge is 2.42. The van der Waals surface area contributed by atoms with E-state index >= 15 is 0 Å². The second-order valence-corrected chi connectivity index (χ2v) is 6.95. The molecule has 0 aliphatic heterocycles. The van der Waals surface area contributed by atoms with Gasteiger partial charge in [0.1, 0.15) is 0 Å². The molecule has 0 saturated carbocycles. The van der Waals surface area contributed by atoms with Crippen LogP contribution in [-0.4, -0.2) is 31.5 Å². The largest absolute Gasteiger partial charge is 0.340 e. The molecule has 0 unspecified atom stereocenters. The maximum absolute atomic E-state index is 10.7. The van der Waals surface area contributed by atoms with Crippen molar-refractivity contribution < 1.29 is 28.7 Å². The first kappa shape index (κ1) is 14.3. The van der Waals surface area contributed by atoms with Crippen LogP contribution in [0.2, 0.25) is 0 Å². The molecule has 7 nitrogen and oxygen atoms in total. The molecule has 0 aromatic rings. The molecule has 9 heteroatoms. The van der Waals surface area contributed by atoms with Gasteiger partial charge in [0.05, 0.1) is 0 Å². The monoisotopic (exact) mass is 247 g/mol. The lowest BCUT2D eigenvalue weighted by molar-refractivity contribution is 0.334. The van der Waals surface area contributed by atoms with Crippen LogP contribution in [0.15, 0.2) is 0 Å². The second kappa shape index (κ2) is 5.37. The van der Waals surface area contributed by atoms with E-state index in [2.05, 4.69) is 0 Å². The zero-order chi connectivity index (χ0) is 11.4. The Morgan fingerprint density at radius 2 is 1.43 bits per heavy atom. The zero-order valence-electron chi connectivity index (χ0n) is 7.48. The lowest BCUT2D eigenvalue weighted by Gasteiger charge is -2.18. The van der Waals surface area contributed by atoms with Crippen molar-refractivity contribution in [3.63, 3.8) is 0 Å². The van der Waals surface area contributed by atoms with Gasteiger partial charge in [-0.3, -0.25) is 9.13 Å². The molecule has 0 saturated heterocycles. The average molecular weight is 247 g/mol. The molecule has 0 bridgehead atoms. The Hall–Kier alpha value is 0.260. The molecule has 0 rings (SSSR count). The van der Waals surface area contributed by atoms with Gasteiger partial charge in [-0.15, -0.1) is 0 Å². The van der Waals surface area contributed by atoms with Gasteiger partial charge in [-0.25, -0.2) is 0 Å². The quantitative estimate of drug-likeness (QED) is 0.323. The van der Waals surface area contributed by atoms with E-state index in [-0.39, 0.29) is 12.8 Å². The highest BCUT2D eigenvalue weighted by molar-refractivity contribution is 7.70. The molecule has 14 heavy (non-hydrogen) atoms. The zero-order valence-corrected chi connectivity index (χ0v) is 9.27. The van der Waals surface area contributed by atoms with Crippen molar-refractivity contribution in [3.05, 3.63) is 0 Å². The van der Waals surface area contributed by atoms with Crippen LogP contribution in [0.4, 0.5) is 0 Å². The van der Waals surface area contributed by atoms with Crippen molar-refractivity contribution >= 4 is 15.2 Å². The maximum atomic E-state index is 10.7. The summed E-state index contributed by atoms with van der Waals surface area (Å²) in [5, 5.41) is -1.89. The molecular weight excluding hydrogens is 232 g/mol. The summed E-state index contributed by atoms with van der Waals surface area (Å²) in [6, 6.07) is 0. The first-order valence-electron chi connectivity index (χ1n) is 4.00. The van der Waals surface area contributed by atoms with Crippen LogP contribution in [0.3, 0.4) is 0 Å². The molecule has 0 spiro atoms. The van der Waals surface area contributed by atoms with E-state index in [1.54, 1.807) is 0 Å². The molecule has 0 radical (unpaired) electrons. The third-order valence-corrected chi connectivity index (χ3v) is 5.57. The van der Waals surface area contributed by atoms with Crippen molar-refractivity contribution in [1.29, 1.82) is 0 Å². The van der Waals surface area contributed by atoms with Crippen molar-refractivity contribution in [2.75, 3.05) is 6.54 Å². The highest BCUT2D eigenvalue weighted by atomic mass is 31.2. The molecule has 0 aliphatic rings. The van der Waals surface area contributed by atoms with E-state index in [0.717, 1.165) is 0 Å². The van der Waals surface area contributed by atoms with E-state index < -0.39 is 20.6 Å². The molecule has 0 fully saturated rings. The smallest absolute Gasteiger partial charge is 0.330 e. The topological polar surface area (TPSA) is 141 Å². The van der Waals surface area contributed by atoms with Gasteiger partial charge < -0.3 is 25.3 Å². The summed E-state index contributed by atoms with van der Waals surface area (Å²) in [5.41, 5.74) is 5.14. The molecule has 0 aromatic heterocycles. The molecule has 6 N–H and O–H groups in total. The minimum Gasteiger partial charge on any atom is -0.330 e. The van der Waals surface area contributed by atoms with Gasteiger partial charge in [-0.1, -0.05) is 6.42 Å². The predicted octanol–water partition coefficient (Wildman–Crippen LogP) is -0.203. The first-order chi connectivity index (χ1) is 6.19. The Balaban J connectivity index is 4.45. The first-order valence-corrected chi connectivity index (χ1v) is 7.36. The standard InChI is InChI=1S/C5H15NO6P2/c6-4-2-1-3-5(13(7,8)9)14(10,11)12/h5H,1-4,6H2,(H2,7,8,9)(H2,10,11,12). The maximum Gasteiger partial charge on any atom is 0.340 e. The molecular formula is C5H15NO6P2. The Kier molecular flexibility index (Phi) is 5.47. The number of rotatable bonds is 6. The SMILES string of the molecule is NCCCCC(P(=O)(O)O)P(=O)(O)O. The van der Waals surface area contributed by atoms with Gasteiger partial charge >= 0.3 is 15.2 Å². The second-order valence-electron chi connectivity index (χ2n) is 2.94. The van der Waals surface area contributed by atoms with E-state index in [9.17, 15) is 9.13 Å². The Morgan fingerprint density at radius 1 is 1.00 bits per heavy atom. The molecule has 0 aliphatic carbocycles. The summed E-state index contributed by atoms with van der Waals surface area (Å²) in [6.07, 6.45) is 0.555. The molecule has 86 valence electrons. The number of hydrogen-bond donors (Lipinski definition) is 5. The number of nitrogens with two attached hydrogens (primary N) is 1. The average Bonchev–Trinajstić information content (AvgIpc) is 1.92. The summed E-state index contributed by atoms with van der Waals surface area (Å²) in [5.74, 6) is 0. The van der Waals surface area contributed by atoms with Crippen molar-refractivity contribution in [3.8, 4) is 0 Å². The van der Waals surface area contributed by atoms with Crippen molar-refractivity contribution in [1.82, 2.24) is 0 Å². The fraction of sp³-hybridized carbons (Fsp3) is 1.00. The van der Waals surface area contributed by atoms with Crippen molar-refractivity contribution in [2.45, 2.75) is 24.7 Å². The fourth-order valence-electron chi connectivity index (χ4n) is 1.00. The molecule has 0 aromatic carbocycles. The van der Waals surface area contributed by atoms with Gasteiger partial charge in [-0.05, 0) is 19.4 Å². The van der Waals surface area contributed by atoms with Crippen LogP contribution >= 0.6 is 15.2 Å². The van der Waals surface area contributed by atoms with Crippen LogP contribution in [-0.2, 0) is 9.13 Å². The Morgan fingerprint density at radius 3 is 1.71 bits per heavy atom. The third-order valence-electron chi connectivity index (χ3n) is 1.69. The van der Waals surface area contributed by atoms with Crippen LogP contribution in [0.5, 0.6) is 0 Å². The molecule has 0 heterocycles. The van der Waals surface area contributed by atoms with Gasteiger partial charge in [0.25, 0.3) is 0 Å². The summed E-state index contributed by atoms with van der Waals surface area (Å²) >= 11 is 0. The highest BCUT2D eigenvalue weighted by Crippen LogP contribution is 2.61. The number of unbranched alkanes of at least 4 members (excludes halogenated alkanes) is 1. The van der Waals surface area contributed by atoms with Crippen LogP contribution < -0.4 is 5.73 Å². The normalized spacial score (nSPS) is 13.6. The number of hydrogen-bond acceptors (Lipinski definition) is 3. The lowest BCUT2D eigenvalue weighted by atomic mass is 10.2. The van der Waals surface area contributed by atoms with Crippen LogP contribution in [0.25, 0.3) is 0 Å². The third kappa shape index (κ3) is 5.22. The predicted molar refractivity (Wildman–Crippen MR) is 50.8 cm³/mol. The summed E-state index contributed by atoms with van der Waals surface area (Å²) < 4.78 is 21.5. The molecule has 0 atom stereocenters. The molecule has 0 amide bonds. The Labute approximate surface area is 81.6 Å². The van der Waals surface area contributed by atoms with Gasteiger partial charge in [-0.2, -0.15) is 0 Å². The van der Waals surface area contributed by atoms with Crippen LogP contribution in [0, 0.1) is 0 Å². The van der Waals surface area contributed by atoms with Gasteiger partial charge in [0.15, 0.2) is 5.40 Å². The fourth-order valence-corrected chi connectivity index (χ4v) is 3.61. The van der Waals surface area contributed by atoms with Crippen LogP contribution in [0.1, 0.15) is 19.3 Å². The van der Waals surface area contributed by atoms with E-state index in [0.29, 0.717) is 13.0 Å². The van der Waals surface area contributed by atoms with E-state index in [1.165, 1.54) is 0 Å². The minimum absolute atomic E-state index is 0.217. The summed E-state index contributed by atoms with van der Waals surface area (Å²) in [6.45, 7) is 0.328.